The van der Waals surface area contributed by atoms with Gasteiger partial charge in [-0.05, 0) is 53.4 Å². The van der Waals surface area contributed by atoms with E-state index in [-0.39, 0.29) is 0 Å². The molecule has 0 aliphatic carbocycles. The van der Waals surface area contributed by atoms with Crippen LogP contribution in [0.1, 0.15) is 53.4 Å². The van der Waals surface area contributed by atoms with Crippen LogP contribution in [-0.4, -0.2) is 87.0 Å². The van der Waals surface area contributed by atoms with Gasteiger partial charge < -0.3 is 9.80 Å². The average molecular weight is 413 g/mol. The van der Waals surface area contributed by atoms with Crippen LogP contribution in [0.15, 0.2) is 42.5 Å². The van der Waals surface area contributed by atoms with Crippen molar-refractivity contribution in [3.63, 3.8) is 0 Å². The summed E-state index contributed by atoms with van der Waals surface area (Å²) in [4.78, 5) is 23.8. The number of fused-ring (bicyclic) bond motifs is 15. The Morgan fingerprint density at radius 3 is 1.43 bits per heavy atom. The van der Waals surface area contributed by atoms with Crippen LogP contribution in [-0.2, 0) is 0 Å². The van der Waals surface area contributed by atoms with E-state index in [1.165, 1.54) is 11.4 Å². The second-order valence-electron chi connectivity index (χ2n) is 8.26. The highest BCUT2D eigenvalue weighted by molar-refractivity contribution is 6.16. The Morgan fingerprint density at radius 2 is 1.00 bits per heavy atom. The molecular formula is C24H40N6. The average Bonchev–Trinajstić information content (AvgIpc) is 2.72. The van der Waals surface area contributed by atoms with Crippen molar-refractivity contribution < 1.29 is 0 Å². The maximum atomic E-state index is 4.85. The Kier molecular flexibility index (Phi) is 9.98. The minimum atomic E-state index is 0.774. The lowest BCUT2D eigenvalue weighted by Crippen LogP contribution is -2.24. The molecule has 3 aliphatic rings. The maximum absolute atomic E-state index is 4.85. The van der Waals surface area contributed by atoms with Gasteiger partial charge in [0, 0.05) is 99.8 Å². The minimum Gasteiger partial charge on any atom is -0.378 e. The molecule has 0 aromatic carbocycles. The van der Waals surface area contributed by atoms with Gasteiger partial charge >= 0.3 is 0 Å². The van der Waals surface area contributed by atoms with Crippen LogP contribution in [0.4, 0.5) is 0 Å². The van der Waals surface area contributed by atoms with Gasteiger partial charge in [-0.25, -0.2) is 0 Å². The Hall–Kier alpha value is -2.24. The molecule has 0 unspecified atom stereocenters. The number of rotatable bonds is 0. The van der Waals surface area contributed by atoms with Crippen molar-refractivity contribution in [1.82, 2.24) is 9.80 Å². The summed E-state index contributed by atoms with van der Waals surface area (Å²) >= 11 is 0. The Labute approximate surface area is 183 Å². The molecule has 3 rings (SSSR count). The molecule has 0 spiro atoms. The van der Waals surface area contributed by atoms with E-state index < -0.39 is 0 Å². The first-order valence-electron chi connectivity index (χ1n) is 11.3. The van der Waals surface area contributed by atoms with E-state index in [9.17, 15) is 0 Å². The summed E-state index contributed by atoms with van der Waals surface area (Å²) in [6.45, 7) is 13.8. The fourth-order valence-corrected chi connectivity index (χ4v) is 3.64. The largest absolute Gasteiger partial charge is 0.378 e. The molecule has 30 heavy (non-hydrogen) atoms. The molecule has 0 aromatic rings. The summed E-state index contributed by atoms with van der Waals surface area (Å²) in [5.41, 5.74) is 6.91. The van der Waals surface area contributed by atoms with Crippen molar-refractivity contribution in [3.8, 4) is 0 Å². The number of allylic oxidation sites excluding steroid dienone is 4. The van der Waals surface area contributed by atoms with Crippen LogP contribution in [0.2, 0.25) is 0 Å². The number of nitrogens with zero attached hydrogens (tertiary/aromatic N) is 6. The SMILES string of the molecule is CC1=NCCCN=C(C)/C2=C(/C)N(C)CCCCN(C)C(C)=C1C=NCCCN=C2. The third-order valence-electron chi connectivity index (χ3n) is 5.97. The molecule has 0 amide bonds. The third-order valence-corrected chi connectivity index (χ3v) is 5.97. The Morgan fingerprint density at radius 1 is 0.600 bits per heavy atom. The molecule has 166 valence electrons. The summed E-state index contributed by atoms with van der Waals surface area (Å²) in [6, 6.07) is 0. The Bertz CT molecular complexity index is 692. The lowest BCUT2D eigenvalue weighted by Gasteiger charge is -2.25. The molecule has 2 bridgehead atoms. The summed E-state index contributed by atoms with van der Waals surface area (Å²) in [7, 11) is 4.35. The highest BCUT2D eigenvalue weighted by Gasteiger charge is 2.12. The van der Waals surface area contributed by atoms with E-state index in [4.69, 9.17) is 20.0 Å². The van der Waals surface area contributed by atoms with Gasteiger partial charge in [-0.2, -0.15) is 0 Å². The fraction of sp³-hybridized carbons (Fsp3) is 0.667. The predicted molar refractivity (Wildman–Crippen MR) is 132 cm³/mol. The maximum Gasteiger partial charge on any atom is 0.0422 e. The quantitative estimate of drug-likeness (QED) is 0.603. The molecule has 0 aromatic heterocycles. The zero-order valence-electron chi connectivity index (χ0n) is 19.9. The number of hydrogen-bond acceptors (Lipinski definition) is 6. The van der Waals surface area contributed by atoms with Crippen LogP contribution < -0.4 is 0 Å². The Balaban J connectivity index is 2.49. The van der Waals surface area contributed by atoms with Gasteiger partial charge in [0.2, 0.25) is 0 Å². The normalized spacial score (nSPS) is 23.8. The van der Waals surface area contributed by atoms with E-state index in [0.717, 1.165) is 87.5 Å². The van der Waals surface area contributed by atoms with Crippen molar-refractivity contribution in [3.05, 3.63) is 22.5 Å². The standard InChI is InChI=1S/C24H40N6/c1-19-23-17-25-11-9-12-26-18-24(20(2)28-14-10-13-27-19)22(4)30(6)16-8-7-15-29(5)21(23)3/h17-18H,7-16H2,1-6H3/b23-21-,24-22?,25-17?,26-18?,27-19?,28-20?. The molecule has 0 radical (unpaired) electrons. The highest BCUT2D eigenvalue weighted by Crippen LogP contribution is 2.14. The smallest absolute Gasteiger partial charge is 0.0422 e. The monoisotopic (exact) mass is 412 g/mol. The number of aliphatic imine (C=N–C) groups is 4. The van der Waals surface area contributed by atoms with Crippen LogP contribution in [0.3, 0.4) is 0 Å². The van der Waals surface area contributed by atoms with Crippen LogP contribution >= 0.6 is 0 Å². The first-order chi connectivity index (χ1) is 14.4. The topological polar surface area (TPSA) is 55.9 Å². The molecule has 0 N–H and O–H groups in total. The van der Waals surface area contributed by atoms with Gasteiger partial charge in [0.05, 0.1) is 0 Å². The molecule has 0 atom stereocenters. The molecule has 3 aliphatic heterocycles. The van der Waals surface area contributed by atoms with E-state index in [1.807, 2.05) is 12.4 Å². The van der Waals surface area contributed by atoms with Gasteiger partial charge in [0.25, 0.3) is 0 Å². The zero-order valence-corrected chi connectivity index (χ0v) is 19.9. The minimum absolute atomic E-state index is 0.774. The molecule has 0 fully saturated rings. The molecule has 0 saturated carbocycles. The molecular weight excluding hydrogens is 372 g/mol. The highest BCUT2D eigenvalue weighted by atomic mass is 15.1. The molecule has 0 saturated heterocycles. The lowest BCUT2D eigenvalue weighted by atomic mass is 10.1. The van der Waals surface area contributed by atoms with Gasteiger partial charge in [-0.15, -0.1) is 0 Å². The van der Waals surface area contributed by atoms with Crippen molar-refractivity contribution in [2.45, 2.75) is 53.4 Å². The summed E-state index contributed by atoms with van der Waals surface area (Å²) in [6.07, 6.45) is 8.19. The van der Waals surface area contributed by atoms with E-state index in [0.29, 0.717) is 0 Å². The van der Waals surface area contributed by atoms with Crippen molar-refractivity contribution in [1.29, 1.82) is 0 Å². The summed E-state index contributed by atoms with van der Waals surface area (Å²) in [5.74, 6) is 0. The van der Waals surface area contributed by atoms with Crippen molar-refractivity contribution in [2.75, 3.05) is 53.4 Å². The molecule has 3 heterocycles. The fourth-order valence-electron chi connectivity index (χ4n) is 3.64. The van der Waals surface area contributed by atoms with Crippen LogP contribution in [0, 0.1) is 0 Å². The van der Waals surface area contributed by atoms with Crippen molar-refractivity contribution in [2.24, 2.45) is 20.0 Å². The van der Waals surface area contributed by atoms with Crippen molar-refractivity contribution >= 4 is 23.9 Å². The van der Waals surface area contributed by atoms with Crippen LogP contribution in [0.5, 0.6) is 0 Å². The third kappa shape index (κ3) is 7.22. The van der Waals surface area contributed by atoms with Gasteiger partial charge in [-0.3, -0.25) is 20.0 Å². The van der Waals surface area contributed by atoms with Crippen LogP contribution in [0.25, 0.3) is 0 Å². The first kappa shape index (κ1) is 24.0. The lowest BCUT2D eigenvalue weighted by molar-refractivity contribution is 0.362. The summed E-state index contributed by atoms with van der Waals surface area (Å²) in [5, 5.41) is 0. The number of hydrogen-bond donors (Lipinski definition) is 0. The van der Waals surface area contributed by atoms with Gasteiger partial charge in [-0.1, -0.05) is 0 Å². The second-order valence-corrected chi connectivity index (χ2v) is 8.26. The zero-order chi connectivity index (χ0) is 21.9. The van der Waals surface area contributed by atoms with Gasteiger partial charge in [0.15, 0.2) is 0 Å². The molecule has 6 heteroatoms. The molecule has 6 nitrogen and oxygen atoms in total. The van der Waals surface area contributed by atoms with Gasteiger partial charge in [0.1, 0.15) is 0 Å². The second kappa shape index (κ2) is 12.5. The van der Waals surface area contributed by atoms with E-state index in [2.05, 4.69) is 51.6 Å². The summed E-state index contributed by atoms with van der Waals surface area (Å²) < 4.78 is 0. The van der Waals surface area contributed by atoms with E-state index >= 15 is 0 Å². The predicted octanol–water partition coefficient (Wildman–Crippen LogP) is 4.05. The van der Waals surface area contributed by atoms with E-state index in [1.54, 1.807) is 0 Å². The first-order valence-corrected chi connectivity index (χ1v) is 11.3.